The Kier molecular flexibility index (Phi) is 4.27. The molecular formula is C18H21NO3. The van der Waals surface area contributed by atoms with Crippen molar-refractivity contribution in [2.75, 3.05) is 13.1 Å². The van der Waals surface area contributed by atoms with Gasteiger partial charge in [0.05, 0.1) is 0 Å². The van der Waals surface area contributed by atoms with Crippen molar-refractivity contribution in [2.45, 2.75) is 32.1 Å². The van der Waals surface area contributed by atoms with E-state index in [0.717, 1.165) is 31.2 Å². The fourth-order valence-corrected chi connectivity index (χ4v) is 3.34. The molecule has 1 heterocycles. The van der Waals surface area contributed by atoms with E-state index in [0.29, 0.717) is 13.1 Å². The Hall–Kier alpha value is -2.10. The van der Waals surface area contributed by atoms with Crippen LogP contribution in [0.4, 0.5) is 0 Å². The van der Waals surface area contributed by atoms with Crippen LogP contribution in [0.25, 0.3) is 6.08 Å². The maximum atomic E-state index is 12.6. The third-order valence-electron chi connectivity index (χ3n) is 4.63. The summed E-state index contributed by atoms with van der Waals surface area (Å²) in [7, 11) is 0. The van der Waals surface area contributed by atoms with Crippen LogP contribution in [0.2, 0.25) is 0 Å². The number of carboxylic acid groups (broad SMARTS) is 1. The molecule has 0 spiro atoms. The van der Waals surface area contributed by atoms with Crippen LogP contribution in [0.5, 0.6) is 0 Å². The van der Waals surface area contributed by atoms with Crippen molar-refractivity contribution >= 4 is 18.0 Å². The molecule has 0 bridgehead atoms. The fraction of sp³-hybridized carbons (Fsp3) is 0.444. The summed E-state index contributed by atoms with van der Waals surface area (Å²) in [6.45, 7) is 1.32. The van der Waals surface area contributed by atoms with E-state index in [4.69, 9.17) is 5.11 Å². The molecule has 1 saturated heterocycles. The lowest BCUT2D eigenvalue weighted by molar-refractivity contribution is -0.138. The van der Waals surface area contributed by atoms with Crippen molar-refractivity contribution in [2.24, 2.45) is 5.92 Å². The van der Waals surface area contributed by atoms with Crippen molar-refractivity contribution in [3.63, 3.8) is 0 Å². The van der Waals surface area contributed by atoms with E-state index in [1.807, 2.05) is 23.1 Å². The molecule has 1 aliphatic carbocycles. The first-order valence-corrected chi connectivity index (χ1v) is 7.94. The molecule has 1 aromatic rings. The molecule has 0 saturated carbocycles. The smallest absolute Gasteiger partial charge is 0.303 e. The molecule has 0 unspecified atom stereocenters. The molecule has 1 fully saturated rings. The first-order valence-electron chi connectivity index (χ1n) is 7.94. The molecule has 1 amide bonds. The van der Waals surface area contributed by atoms with E-state index in [2.05, 4.69) is 12.2 Å². The van der Waals surface area contributed by atoms with Gasteiger partial charge in [0.25, 0.3) is 5.91 Å². The van der Waals surface area contributed by atoms with Crippen LogP contribution in [-0.4, -0.2) is 35.0 Å². The minimum atomic E-state index is -0.743. The molecule has 4 heteroatoms. The van der Waals surface area contributed by atoms with Crippen LogP contribution < -0.4 is 0 Å². The van der Waals surface area contributed by atoms with Gasteiger partial charge in [-0.2, -0.15) is 0 Å². The van der Waals surface area contributed by atoms with Crippen molar-refractivity contribution in [3.8, 4) is 0 Å². The number of hydrogen-bond donors (Lipinski definition) is 1. The highest BCUT2D eigenvalue weighted by Crippen LogP contribution is 2.24. The summed E-state index contributed by atoms with van der Waals surface area (Å²) in [5, 5.41) is 8.85. The zero-order valence-corrected chi connectivity index (χ0v) is 12.6. The monoisotopic (exact) mass is 299 g/mol. The van der Waals surface area contributed by atoms with Crippen molar-refractivity contribution < 1.29 is 14.7 Å². The second kappa shape index (κ2) is 6.34. The number of rotatable bonds is 3. The van der Waals surface area contributed by atoms with Gasteiger partial charge >= 0.3 is 5.97 Å². The Bertz CT molecular complexity index is 613. The highest BCUT2D eigenvalue weighted by Gasteiger charge is 2.25. The highest BCUT2D eigenvalue weighted by molar-refractivity contribution is 5.94. The fourth-order valence-electron chi connectivity index (χ4n) is 3.34. The Morgan fingerprint density at radius 1 is 1.23 bits per heavy atom. The quantitative estimate of drug-likeness (QED) is 0.933. The first kappa shape index (κ1) is 14.8. The summed E-state index contributed by atoms with van der Waals surface area (Å²) in [4.78, 5) is 25.2. The Morgan fingerprint density at radius 3 is 2.73 bits per heavy atom. The lowest BCUT2D eigenvalue weighted by atomic mass is 9.92. The third-order valence-corrected chi connectivity index (χ3v) is 4.63. The molecular weight excluding hydrogens is 278 g/mol. The molecule has 22 heavy (non-hydrogen) atoms. The normalized spacial score (nSPS) is 18.1. The number of allylic oxidation sites excluding steroid dienone is 1. The molecule has 0 radical (unpaired) electrons. The van der Waals surface area contributed by atoms with Crippen molar-refractivity contribution in [1.82, 2.24) is 4.90 Å². The highest BCUT2D eigenvalue weighted by atomic mass is 16.4. The summed E-state index contributed by atoms with van der Waals surface area (Å²) in [5.41, 5.74) is 3.21. The molecule has 116 valence electrons. The van der Waals surface area contributed by atoms with Gasteiger partial charge < -0.3 is 10.0 Å². The number of likely N-dealkylation sites (tertiary alicyclic amines) is 1. The van der Waals surface area contributed by atoms with Crippen LogP contribution >= 0.6 is 0 Å². The van der Waals surface area contributed by atoms with E-state index in [9.17, 15) is 9.59 Å². The number of fused-ring (bicyclic) bond motifs is 1. The van der Waals surface area contributed by atoms with Crippen LogP contribution in [0, 0.1) is 5.92 Å². The Labute approximate surface area is 130 Å². The molecule has 3 rings (SSSR count). The molecule has 2 aliphatic rings. The summed E-state index contributed by atoms with van der Waals surface area (Å²) in [5.74, 6) is -0.464. The second-order valence-electron chi connectivity index (χ2n) is 6.19. The molecule has 4 nitrogen and oxygen atoms in total. The number of nitrogens with zero attached hydrogens (tertiary/aromatic N) is 1. The van der Waals surface area contributed by atoms with Gasteiger partial charge in [0.1, 0.15) is 0 Å². The van der Waals surface area contributed by atoms with Gasteiger partial charge in [0.2, 0.25) is 0 Å². The third kappa shape index (κ3) is 3.21. The largest absolute Gasteiger partial charge is 0.481 e. The number of carboxylic acids is 1. The maximum Gasteiger partial charge on any atom is 0.303 e. The zero-order valence-electron chi connectivity index (χ0n) is 12.6. The zero-order chi connectivity index (χ0) is 15.5. The number of carbonyl (C=O) groups excluding carboxylic acids is 1. The average Bonchev–Trinajstić information content (AvgIpc) is 2.54. The molecule has 1 aliphatic heterocycles. The number of aryl methyl sites for hydroxylation is 1. The number of piperidine rings is 1. The van der Waals surface area contributed by atoms with Gasteiger partial charge in [0, 0.05) is 25.1 Å². The van der Waals surface area contributed by atoms with E-state index in [-0.39, 0.29) is 18.2 Å². The van der Waals surface area contributed by atoms with Gasteiger partial charge in [-0.15, -0.1) is 0 Å². The standard InChI is InChI=1S/C18H21NO3/c20-17(21)11-13-7-9-19(10-8-13)18(22)16-6-5-14-3-1-2-4-15(14)12-16/h1,3,5-6,12-13H,2,4,7-11H2,(H,20,21). The van der Waals surface area contributed by atoms with E-state index >= 15 is 0 Å². The van der Waals surface area contributed by atoms with Crippen LogP contribution in [0.3, 0.4) is 0 Å². The predicted molar refractivity (Wildman–Crippen MR) is 84.7 cm³/mol. The summed E-state index contributed by atoms with van der Waals surface area (Å²) in [6.07, 6.45) is 8.09. The number of carbonyl (C=O) groups is 2. The lowest BCUT2D eigenvalue weighted by Crippen LogP contribution is -2.39. The first-order chi connectivity index (χ1) is 10.6. The van der Waals surface area contributed by atoms with Gasteiger partial charge in [0.15, 0.2) is 0 Å². The molecule has 1 aromatic carbocycles. The molecule has 0 aromatic heterocycles. The summed E-state index contributed by atoms with van der Waals surface area (Å²) >= 11 is 0. The van der Waals surface area contributed by atoms with Gasteiger partial charge in [-0.3, -0.25) is 9.59 Å². The Balaban J connectivity index is 1.65. The van der Waals surface area contributed by atoms with Crippen molar-refractivity contribution in [3.05, 3.63) is 41.0 Å². The molecule has 0 atom stereocenters. The van der Waals surface area contributed by atoms with E-state index in [1.165, 1.54) is 11.1 Å². The van der Waals surface area contributed by atoms with E-state index < -0.39 is 5.97 Å². The lowest BCUT2D eigenvalue weighted by Gasteiger charge is -2.31. The number of amides is 1. The van der Waals surface area contributed by atoms with Gasteiger partial charge in [-0.1, -0.05) is 18.2 Å². The summed E-state index contributed by atoms with van der Waals surface area (Å²) in [6, 6.07) is 5.94. The second-order valence-corrected chi connectivity index (χ2v) is 6.19. The Morgan fingerprint density at radius 2 is 2.00 bits per heavy atom. The van der Waals surface area contributed by atoms with Crippen LogP contribution in [-0.2, 0) is 11.2 Å². The minimum absolute atomic E-state index is 0.0751. The number of benzene rings is 1. The number of aliphatic carboxylic acids is 1. The minimum Gasteiger partial charge on any atom is -0.481 e. The SMILES string of the molecule is O=C(O)CC1CCN(C(=O)c2ccc3c(c2)CCC=C3)CC1. The summed E-state index contributed by atoms with van der Waals surface area (Å²) < 4.78 is 0. The van der Waals surface area contributed by atoms with E-state index in [1.54, 1.807) is 0 Å². The predicted octanol–water partition coefficient (Wildman–Crippen LogP) is 2.97. The van der Waals surface area contributed by atoms with Crippen molar-refractivity contribution in [1.29, 1.82) is 0 Å². The van der Waals surface area contributed by atoms with Crippen LogP contribution in [0.15, 0.2) is 24.3 Å². The van der Waals surface area contributed by atoms with Crippen LogP contribution in [0.1, 0.15) is 47.2 Å². The number of hydrogen-bond acceptors (Lipinski definition) is 2. The molecule has 1 N–H and O–H groups in total. The van der Waals surface area contributed by atoms with Gasteiger partial charge in [-0.25, -0.2) is 0 Å². The van der Waals surface area contributed by atoms with Gasteiger partial charge in [-0.05, 0) is 54.9 Å². The average molecular weight is 299 g/mol. The topological polar surface area (TPSA) is 57.6 Å². The maximum absolute atomic E-state index is 12.6.